The van der Waals surface area contributed by atoms with Crippen LogP contribution in [-0.2, 0) is 20.1 Å². The van der Waals surface area contributed by atoms with E-state index < -0.39 is 18.0 Å². The molecule has 7 heteroatoms. The van der Waals surface area contributed by atoms with E-state index in [4.69, 9.17) is 15.0 Å². The molecule has 18 heavy (non-hydrogen) atoms. The second-order valence-corrected chi connectivity index (χ2v) is 4.82. The first-order valence-electron chi connectivity index (χ1n) is 5.40. The quantitative estimate of drug-likeness (QED) is 0.774. The number of amides is 1. The Morgan fingerprint density at radius 1 is 1.50 bits per heavy atom. The van der Waals surface area contributed by atoms with Crippen LogP contribution in [0.4, 0.5) is 0 Å². The number of thioether (sulfide) groups is 1. The van der Waals surface area contributed by atoms with Crippen LogP contribution in [0.15, 0.2) is 4.52 Å². The van der Waals surface area contributed by atoms with Gasteiger partial charge in [0.25, 0.3) is 5.91 Å². The van der Waals surface area contributed by atoms with Crippen molar-refractivity contribution in [3.05, 3.63) is 17.0 Å². The highest BCUT2D eigenvalue weighted by atomic mass is 32.2. The van der Waals surface area contributed by atoms with Crippen LogP contribution in [0.3, 0.4) is 0 Å². The molecule has 1 heterocycles. The van der Waals surface area contributed by atoms with Crippen molar-refractivity contribution >= 4 is 23.6 Å². The van der Waals surface area contributed by atoms with E-state index in [1.54, 1.807) is 0 Å². The lowest BCUT2D eigenvalue weighted by atomic mass is 10.2. The molecule has 0 aromatic carbocycles. The summed E-state index contributed by atoms with van der Waals surface area (Å²) in [6, 6.07) is 0. The largest absolute Gasteiger partial charge is 0.452 e. The minimum atomic E-state index is -0.892. The molecule has 0 radical (unpaired) electrons. The Morgan fingerprint density at radius 2 is 2.17 bits per heavy atom. The highest BCUT2D eigenvalue weighted by molar-refractivity contribution is 7.99. The van der Waals surface area contributed by atoms with Gasteiger partial charge in [-0.2, -0.15) is 0 Å². The molecule has 6 nitrogen and oxygen atoms in total. The molecule has 0 spiro atoms. The number of primary amides is 1. The molecule has 0 aliphatic carbocycles. The van der Waals surface area contributed by atoms with Gasteiger partial charge in [-0.3, -0.25) is 9.59 Å². The normalized spacial score (nSPS) is 12.2. The first kappa shape index (κ1) is 14.6. The van der Waals surface area contributed by atoms with Gasteiger partial charge < -0.3 is 15.0 Å². The van der Waals surface area contributed by atoms with Crippen molar-refractivity contribution in [2.24, 2.45) is 5.73 Å². The lowest BCUT2D eigenvalue weighted by Crippen LogP contribution is -2.31. The Kier molecular flexibility index (Phi) is 5.21. The minimum absolute atomic E-state index is 0.154. The second-order valence-electron chi connectivity index (χ2n) is 3.83. The Balaban J connectivity index is 2.34. The Morgan fingerprint density at radius 3 is 2.67 bits per heavy atom. The van der Waals surface area contributed by atoms with Crippen molar-refractivity contribution in [3.63, 3.8) is 0 Å². The molecule has 2 N–H and O–H groups in total. The zero-order valence-electron chi connectivity index (χ0n) is 10.6. The van der Waals surface area contributed by atoms with Crippen LogP contribution in [0, 0.1) is 13.8 Å². The van der Waals surface area contributed by atoms with Crippen molar-refractivity contribution in [3.8, 4) is 0 Å². The highest BCUT2D eigenvalue weighted by Crippen LogP contribution is 2.19. The lowest BCUT2D eigenvalue weighted by molar-refractivity contribution is -0.151. The number of carbonyl (C=O) groups is 2. The number of hydrogen-bond acceptors (Lipinski definition) is 6. The summed E-state index contributed by atoms with van der Waals surface area (Å²) >= 11 is 1.37. The summed E-state index contributed by atoms with van der Waals surface area (Å²) < 4.78 is 9.83. The maximum atomic E-state index is 11.4. The van der Waals surface area contributed by atoms with Crippen LogP contribution < -0.4 is 5.73 Å². The lowest BCUT2D eigenvalue weighted by Gasteiger charge is -2.08. The molecule has 0 aliphatic rings. The SMILES string of the molecule is Cc1noc(C)c1CSCC(=O)O[C@H](C)C(N)=O. The van der Waals surface area contributed by atoms with Crippen LogP contribution in [0.5, 0.6) is 0 Å². The molecule has 1 aromatic heterocycles. The number of aromatic nitrogens is 1. The third kappa shape index (κ3) is 4.06. The van der Waals surface area contributed by atoms with Gasteiger partial charge in [0.15, 0.2) is 6.10 Å². The highest BCUT2D eigenvalue weighted by Gasteiger charge is 2.15. The smallest absolute Gasteiger partial charge is 0.316 e. The van der Waals surface area contributed by atoms with Crippen LogP contribution in [0.1, 0.15) is 23.9 Å². The van der Waals surface area contributed by atoms with E-state index in [0.717, 1.165) is 17.0 Å². The molecule has 0 saturated heterocycles. The average molecular weight is 272 g/mol. The molecular weight excluding hydrogens is 256 g/mol. The third-order valence-electron chi connectivity index (χ3n) is 2.36. The van der Waals surface area contributed by atoms with E-state index in [-0.39, 0.29) is 5.75 Å². The summed E-state index contributed by atoms with van der Waals surface area (Å²) in [6.45, 7) is 5.11. The summed E-state index contributed by atoms with van der Waals surface area (Å²) in [4.78, 5) is 22.1. The van der Waals surface area contributed by atoms with Gasteiger partial charge in [0.05, 0.1) is 11.4 Å². The van der Waals surface area contributed by atoms with Gasteiger partial charge in [-0.05, 0) is 20.8 Å². The maximum absolute atomic E-state index is 11.4. The molecule has 0 aliphatic heterocycles. The van der Waals surface area contributed by atoms with Crippen LogP contribution in [0.25, 0.3) is 0 Å². The van der Waals surface area contributed by atoms with E-state index in [1.165, 1.54) is 18.7 Å². The summed E-state index contributed by atoms with van der Waals surface area (Å²) in [6.07, 6.45) is -0.892. The van der Waals surface area contributed by atoms with Crippen molar-refractivity contribution in [2.75, 3.05) is 5.75 Å². The number of rotatable bonds is 6. The number of carbonyl (C=O) groups excluding carboxylic acids is 2. The van der Waals surface area contributed by atoms with Gasteiger partial charge in [-0.15, -0.1) is 11.8 Å². The summed E-state index contributed by atoms with van der Waals surface area (Å²) in [5, 5.41) is 3.82. The standard InChI is InChI=1S/C11H16N2O4S/c1-6-9(7(2)17-13-6)4-18-5-10(14)16-8(3)11(12)15/h8H,4-5H2,1-3H3,(H2,12,15)/t8-/m1/s1. The molecule has 1 aromatic rings. The Labute approximate surface area is 109 Å². The molecular formula is C11H16N2O4S. The van der Waals surface area contributed by atoms with E-state index in [0.29, 0.717) is 5.75 Å². The first-order chi connectivity index (χ1) is 8.41. The summed E-state index contributed by atoms with van der Waals surface area (Å²) in [7, 11) is 0. The van der Waals surface area contributed by atoms with Gasteiger partial charge in [0, 0.05) is 11.3 Å². The van der Waals surface area contributed by atoms with Crippen LogP contribution >= 0.6 is 11.8 Å². The predicted octanol–water partition coefficient (Wildman–Crippen LogP) is 0.942. The van der Waals surface area contributed by atoms with Gasteiger partial charge in [0.1, 0.15) is 5.76 Å². The van der Waals surface area contributed by atoms with Crippen molar-refractivity contribution < 1.29 is 18.8 Å². The van der Waals surface area contributed by atoms with Gasteiger partial charge in [-0.25, -0.2) is 0 Å². The van der Waals surface area contributed by atoms with E-state index >= 15 is 0 Å². The Hall–Kier alpha value is -1.50. The Bertz CT molecular complexity index is 425. The molecule has 1 rings (SSSR count). The van der Waals surface area contributed by atoms with Crippen LogP contribution in [0.2, 0.25) is 0 Å². The van der Waals surface area contributed by atoms with E-state index in [1.807, 2.05) is 13.8 Å². The minimum Gasteiger partial charge on any atom is -0.452 e. The number of hydrogen-bond donors (Lipinski definition) is 1. The van der Waals surface area contributed by atoms with Crippen LogP contribution in [-0.4, -0.2) is 28.9 Å². The molecule has 0 unspecified atom stereocenters. The maximum Gasteiger partial charge on any atom is 0.316 e. The topological polar surface area (TPSA) is 95.4 Å². The van der Waals surface area contributed by atoms with Crippen molar-refractivity contribution in [1.29, 1.82) is 0 Å². The molecule has 1 amide bonds. The predicted molar refractivity (Wildman–Crippen MR) is 66.9 cm³/mol. The number of nitrogens with two attached hydrogens (primary N) is 1. The zero-order chi connectivity index (χ0) is 13.7. The summed E-state index contributed by atoms with van der Waals surface area (Å²) in [5.74, 6) is 0.402. The molecule has 0 bridgehead atoms. The average Bonchev–Trinajstić information content (AvgIpc) is 2.60. The number of esters is 1. The molecule has 0 fully saturated rings. The van der Waals surface area contributed by atoms with Crippen molar-refractivity contribution in [1.82, 2.24) is 5.16 Å². The fourth-order valence-electron chi connectivity index (χ4n) is 1.23. The van der Waals surface area contributed by atoms with Gasteiger partial charge >= 0.3 is 5.97 Å². The van der Waals surface area contributed by atoms with Gasteiger partial charge in [-0.1, -0.05) is 5.16 Å². The fraction of sp³-hybridized carbons (Fsp3) is 0.545. The second kappa shape index (κ2) is 6.44. The van der Waals surface area contributed by atoms with Gasteiger partial charge in [0.2, 0.25) is 0 Å². The zero-order valence-corrected chi connectivity index (χ0v) is 11.4. The summed E-state index contributed by atoms with van der Waals surface area (Å²) in [5.41, 5.74) is 6.79. The molecule has 100 valence electrons. The van der Waals surface area contributed by atoms with Crippen molar-refractivity contribution in [2.45, 2.75) is 32.6 Å². The molecule has 1 atom stereocenters. The van der Waals surface area contributed by atoms with E-state index in [9.17, 15) is 9.59 Å². The number of nitrogens with zero attached hydrogens (tertiary/aromatic N) is 1. The van der Waals surface area contributed by atoms with E-state index in [2.05, 4.69) is 5.16 Å². The third-order valence-corrected chi connectivity index (χ3v) is 3.29. The first-order valence-corrected chi connectivity index (χ1v) is 6.55. The molecule has 0 saturated carbocycles. The fourth-order valence-corrected chi connectivity index (χ4v) is 2.19. The monoisotopic (exact) mass is 272 g/mol. The number of ether oxygens (including phenoxy) is 1. The number of aryl methyl sites for hydroxylation is 2.